The van der Waals surface area contributed by atoms with E-state index in [0.717, 1.165) is 5.56 Å². The summed E-state index contributed by atoms with van der Waals surface area (Å²) in [6.07, 6.45) is 0. The minimum atomic E-state index is -0.497. The van der Waals surface area contributed by atoms with Crippen LogP contribution in [0.1, 0.15) is 17.2 Å². The van der Waals surface area contributed by atoms with Gasteiger partial charge in [-0.25, -0.2) is 4.39 Å². The molecular formula is C15H15ClFNO2. The highest BCUT2D eigenvalue weighted by Gasteiger charge is 2.16. The molecule has 0 amide bonds. The molecule has 2 N–H and O–H groups in total. The maximum atomic E-state index is 13.3. The summed E-state index contributed by atoms with van der Waals surface area (Å²) in [6, 6.07) is 9.08. The molecule has 5 heteroatoms. The van der Waals surface area contributed by atoms with Gasteiger partial charge in [-0.05, 0) is 35.4 Å². The molecule has 0 heterocycles. The average Bonchev–Trinajstić information content (AvgIpc) is 2.45. The van der Waals surface area contributed by atoms with Crippen molar-refractivity contribution in [3.63, 3.8) is 0 Å². The molecule has 0 saturated carbocycles. The summed E-state index contributed by atoms with van der Waals surface area (Å²) in [5, 5.41) is 0.397. The van der Waals surface area contributed by atoms with E-state index < -0.39 is 6.04 Å². The van der Waals surface area contributed by atoms with E-state index in [-0.39, 0.29) is 5.82 Å². The van der Waals surface area contributed by atoms with Crippen molar-refractivity contribution in [2.75, 3.05) is 14.2 Å². The molecule has 2 rings (SSSR count). The second-order valence-corrected chi connectivity index (χ2v) is 4.68. The lowest BCUT2D eigenvalue weighted by Crippen LogP contribution is -2.12. The van der Waals surface area contributed by atoms with Gasteiger partial charge in [0, 0.05) is 0 Å². The number of hydrogen-bond acceptors (Lipinski definition) is 3. The molecule has 0 saturated heterocycles. The fourth-order valence-corrected chi connectivity index (χ4v) is 2.31. The highest BCUT2D eigenvalue weighted by molar-refractivity contribution is 6.32. The van der Waals surface area contributed by atoms with Crippen LogP contribution < -0.4 is 15.2 Å². The molecule has 0 radical (unpaired) electrons. The first kappa shape index (κ1) is 14.6. The highest BCUT2D eigenvalue weighted by atomic mass is 35.5. The molecule has 0 spiro atoms. The van der Waals surface area contributed by atoms with Crippen molar-refractivity contribution < 1.29 is 13.9 Å². The molecule has 106 valence electrons. The molecule has 0 bridgehead atoms. The van der Waals surface area contributed by atoms with Gasteiger partial charge in [0.1, 0.15) is 5.82 Å². The first-order chi connectivity index (χ1) is 9.56. The zero-order chi connectivity index (χ0) is 14.7. The Kier molecular flexibility index (Phi) is 4.47. The van der Waals surface area contributed by atoms with Crippen molar-refractivity contribution in [2.45, 2.75) is 6.04 Å². The van der Waals surface area contributed by atoms with Crippen molar-refractivity contribution in [1.29, 1.82) is 0 Å². The largest absolute Gasteiger partial charge is 0.493 e. The van der Waals surface area contributed by atoms with Gasteiger partial charge in [-0.15, -0.1) is 0 Å². The topological polar surface area (TPSA) is 44.5 Å². The van der Waals surface area contributed by atoms with E-state index in [9.17, 15) is 4.39 Å². The fraction of sp³-hybridized carbons (Fsp3) is 0.200. The molecule has 0 aliphatic carbocycles. The molecule has 1 atom stereocenters. The lowest BCUT2D eigenvalue weighted by atomic mass is 9.99. The monoisotopic (exact) mass is 295 g/mol. The molecule has 20 heavy (non-hydrogen) atoms. The van der Waals surface area contributed by atoms with E-state index in [1.165, 1.54) is 26.4 Å². The Labute approximate surface area is 122 Å². The van der Waals surface area contributed by atoms with Gasteiger partial charge in [0.15, 0.2) is 11.5 Å². The molecule has 0 aromatic heterocycles. The molecule has 0 aliphatic rings. The standard InChI is InChI=1S/C15H15ClFNO2/c1-19-13-8-10(7-12(16)15(13)20-2)14(18)9-4-3-5-11(17)6-9/h3-8,14H,18H2,1-2H3. The molecule has 2 aromatic rings. The average molecular weight is 296 g/mol. The first-order valence-corrected chi connectivity index (χ1v) is 6.37. The lowest BCUT2D eigenvalue weighted by molar-refractivity contribution is 0.354. The maximum absolute atomic E-state index is 13.3. The predicted octanol–water partition coefficient (Wildman–Crippen LogP) is 3.54. The van der Waals surface area contributed by atoms with E-state index in [2.05, 4.69) is 0 Å². The van der Waals surface area contributed by atoms with Gasteiger partial charge < -0.3 is 15.2 Å². The lowest BCUT2D eigenvalue weighted by Gasteiger charge is -2.16. The van der Waals surface area contributed by atoms with Crippen molar-refractivity contribution in [2.24, 2.45) is 5.73 Å². The van der Waals surface area contributed by atoms with Gasteiger partial charge in [0.25, 0.3) is 0 Å². The Morgan fingerprint density at radius 3 is 2.45 bits per heavy atom. The minimum absolute atomic E-state index is 0.329. The van der Waals surface area contributed by atoms with Gasteiger partial charge in [0.05, 0.1) is 25.3 Å². The molecule has 1 unspecified atom stereocenters. The summed E-state index contributed by atoms with van der Waals surface area (Å²) in [7, 11) is 3.03. The number of nitrogens with two attached hydrogens (primary N) is 1. The van der Waals surface area contributed by atoms with Crippen LogP contribution >= 0.6 is 11.6 Å². The van der Waals surface area contributed by atoms with Crippen LogP contribution in [0.2, 0.25) is 5.02 Å². The SMILES string of the molecule is COc1cc(C(N)c2cccc(F)c2)cc(Cl)c1OC. The highest BCUT2D eigenvalue weighted by Crippen LogP contribution is 2.38. The third-order valence-corrected chi connectivity index (χ3v) is 3.30. The summed E-state index contributed by atoms with van der Waals surface area (Å²) in [5.41, 5.74) is 7.53. The first-order valence-electron chi connectivity index (χ1n) is 5.99. The van der Waals surface area contributed by atoms with Crippen LogP contribution in [0.4, 0.5) is 4.39 Å². The molecular weight excluding hydrogens is 281 g/mol. The van der Waals surface area contributed by atoms with Gasteiger partial charge in [-0.1, -0.05) is 23.7 Å². The fourth-order valence-electron chi connectivity index (χ4n) is 2.01. The van der Waals surface area contributed by atoms with Crippen molar-refractivity contribution >= 4 is 11.6 Å². The third-order valence-electron chi connectivity index (χ3n) is 3.02. The van der Waals surface area contributed by atoms with Crippen LogP contribution in [0.5, 0.6) is 11.5 Å². The van der Waals surface area contributed by atoms with Gasteiger partial charge >= 0.3 is 0 Å². The van der Waals surface area contributed by atoms with Crippen LogP contribution in [0.15, 0.2) is 36.4 Å². The van der Waals surface area contributed by atoms with Crippen LogP contribution in [-0.2, 0) is 0 Å². The zero-order valence-electron chi connectivity index (χ0n) is 11.2. The van der Waals surface area contributed by atoms with Crippen molar-refractivity contribution in [3.05, 3.63) is 58.4 Å². The number of hydrogen-bond donors (Lipinski definition) is 1. The summed E-state index contributed by atoms with van der Waals surface area (Å²) >= 11 is 6.14. The van der Waals surface area contributed by atoms with E-state index in [1.54, 1.807) is 24.3 Å². The van der Waals surface area contributed by atoms with Gasteiger partial charge in [-0.2, -0.15) is 0 Å². The van der Waals surface area contributed by atoms with Crippen LogP contribution in [0, 0.1) is 5.82 Å². The zero-order valence-corrected chi connectivity index (χ0v) is 11.9. The summed E-state index contributed by atoms with van der Waals surface area (Å²) in [4.78, 5) is 0. The molecule has 0 aliphatic heterocycles. The van der Waals surface area contributed by atoms with E-state index in [1.807, 2.05) is 0 Å². The Hall–Kier alpha value is -1.78. The number of rotatable bonds is 4. The number of ether oxygens (including phenoxy) is 2. The maximum Gasteiger partial charge on any atom is 0.179 e. The summed E-state index contributed by atoms with van der Waals surface area (Å²) in [6.45, 7) is 0. The third kappa shape index (κ3) is 2.86. The van der Waals surface area contributed by atoms with E-state index in [0.29, 0.717) is 22.1 Å². The quantitative estimate of drug-likeness (QED) is 0.938. The molecule has 2 aromatic carbocycles. The Balaban J connectivity index is 2.45. The second-order valence-electron chi connectivity index (χ2n) is 4.27. The van der Waals surface area contributed by atoms with Crippen LogP contribution in [0.3, 0.4) is 0 Å². The van der Waals surface area contributed by atoms with Gasteiger partial charge in [-0.3, -0.25) is 0 Å². The number of benzene rings is 2. The van der Waals surface area contributed by atoms with E-state index >= 15 is 0 Å². The van der Waals surface area contributed by atoms with Gasteiger partial charge in [0.2, 0.25) is 0 Å². The van der Waals surface area contributed by atoms with Crippen LogP contribution in [-0.4, -0.2) is 14.2 Å². The molecule has 3 nitrogen and oxygen atoms in total. The molecule has 0 fully saturated rings. The predicted molar refractivity (Wildman–Crippen MR) is 77.0 cm³/mol. The van der Waals surface area contributed by atoms with Crippen molar-refractivity contribution in [3.8, 4) is 11.5 Å². The van der Waals surface area contributed by atoms with Crippen molar-refractivity contribution in [1.82, 2.24) is 0 Å². The number of methoxy groups -OCH3 is 2. The Morgan fingerprint density at radius 2 is 1.85 bits per heavy atom. The summed E-state index contributed by atoms with van der Waals surface area (Å²) < 4.78 is 23.7. The minimum Gasteiger partial charge on any atom is -0.493 e. The normalized spacial score (nSPS) is 12.1. The van der Waals surface area contributed by atoms with E-state index in [4.69, 9.17) is 26.8 Å². The smallest absolute Gasteiger partial charge is 0.179 e. The second kappa shape index (κ2) is 6.11. The van der Waals surface area contributed by atoms with Crippen LogP contribution in [0.25, 0.3) is 0 Å². The Morgan fingerprint density at radius 1 is 1.10 bits per heavy atom. The number of halogens is 2. The Bertz CT molecular complexity index is 619. The summed E-state index contributed by atoms with van der Waals surface area (Å²) in [5.74, 6) is 0.607.